The Kier molecular flexibility index (Phi) is 6.83. The number of fused-ring (bicyclic) bond motifs is 11. The molecular formula is C51H31N5O. The van der Waals surface area contributed by atoms with E-state index in [9.17, 15) is 0 Å². The van der Waals surface area contributed by atoms with Crippen LogP contribution in [-0.2, 0) is 0 Å². The van der Waals surface area contributed by atoms with Crippen molar-refractivity contribution in [2.75, 3.05) is 4.90 Å². The van der Waals surface area contributed by atoms with Gasteiger partial charge in [0.15, 0.2) is 23.1 Å². The molecule has 1 aliphatic heterocycles. The highest BCUT2D eigenvalue weighted by Crippen LogP contribution is 2.52. The fourth-order valence-electron chi connectivity index (χ4n) is 8.63. The summed E-state index contributed by atoms with van der Waals surface area (Å²) >= 11 is 0. The number of hydrogen-bond donors (Lipinski definition) is 0. The monoisotopic (exact) mass is 729 g/mol. The van der Waals surface area contributed by atoms with Gasteiger partial charge in [-0.15, -0.1) is 0 Å². The second-order valence-corrected chi connectivity index (χ2v) is 14.4. The zero-order chi connectivity index (χ0) is 37.5. The molecular weight excluding hydrogens is 699 g/mol. The summed E-state index contributed by atoms with van der Waals surface area (Å²) in [6.45, 7) is 0. The molecule has 57 heavy (non-hydrogen) atoms. The van der Waals surface area contributed by atoms with E-state index in [1.165, 1.54) is 32.3 Å². The summed E-state index contributed by atoms with van der Waals surface area (Å²) in [5.41, 5.74) is 6.74. The van der Waals surface area contributed by atoms with Crippen molar-refractivity contribution < 1.29 is 4.74 Å². The Morgan fingerprint density at radius 3 is 1.47 bits per heavy atom. The molecule has 0 radical (unpaired) electrons. The largest absolute Gasteiger partial charge is 0.453 e. The van der Waals surface area contributed by atoms with Crippen molar-refractivity contribution in [3.8, 4) is 40.0 Å². The van der Waals surface area contributed by atoms with Crippen LogP contribution in [0.25, 0.3) is 82.6 Å². The lowest BCUT2D eigenvalue weighted by atomic mass is 9.93. The fraction of sp³-hybridized carbons (Fsp3) is 0. The van der Waals surface area contributed by atoms with Gasteiger partial charge in [-0.05, 0) is 80.8 Å². The van der Waals surface area contributed by atoms with Crippen LogP contribution in [-0.4, -0.2) is 19.5 Å². The van der Waals surface area contributed by atoms with Gasteiger partial charge in [0.05, 0.1) is 22.4 Å². The SMILES string of the molecule is c1ccc(-c2nc(-c3ccccc3)nc(N3c4ccccc4Oc4cc5c6cc7c8ccccc8c8ccccc8c7cc6n(-c6ccccc6)c5cc43)n2)cc1. The van der Waals surface area contributed by atoms with Gasteiger partial charge >= 0.3 is 0 Å². The number of nitrogens with zero attached hydrogens (tertiary/aromatic N) is 5. The minimum Gasteiger partial charge on any atom is -0.453 e. The molecule has 6 heteroatoms. The maximum absolute atomic E-state index is 6.82. The van der Waals surface area contributed by atoms with Gasteiger partial charge in [0, 0.05) is 27.6 Å². The summed E-state index contributed by atoms with van der Waals surface area (Å²) in [5, 5.41) is 9.67. The summed E-state index contributed by atoms with van der Waals surface area (Å²) in [6.07, 6.45) is 0. The number of benzene rings is 9. The first-order chi connectivity index (χ1) is 28.3. The second kappa shape index (κ2) is 12.3. The maximum atomic E-state index is 6.82. The van der Waals surface area contributed by atoms with Gasteiger partial charge < -0.3 is 9.30 Å². The quantitative estimate of drug-likeness (QED) is 0.169. The molecule has 0 fully saturated rings. The number of hydrogen-bond acceptors (Lipinski definition) is 5. The molecule has 12 rings (SSSR count). The lowest BCUT2D eigenvalue weighted by molar-refractivity contribution is 0.477. The smallest absolute Gasteiger partial charge is 0.239 e. The molecule has 6 nitrogen and oxygen atoms in total. The van der Waals surface area contributed by atoms with Gasteiger partial charge in [-0.2, -0.15) is 9.97 Å². The Morgan fingerprint density at radius 2 is 0.842 bits per heavy atom. The summed E-state index contributed by atoms with van der Waals surface area (Å²) in [5.74, 6) is 3.14. The Morgan fingerprint density at radius 1 is 0.351 bits per heavy atom. The number of anilines is 3. The third kappa shape index (κ3) is 4.87. The first-order valence-corrected chi connectivity index (χ1v) is 19.1. The van der Waals surface area contributed by atoms with Crippen LogP contribution in [0, 0.1) is 0 Å². The molecule has 3 heterocycles. The van der Waals surface area contributed by atoms with Crippen molar-refractivity contribution in [2.45, 2.75) is 0 Å². The van der Waals surface area contributed by atoms with E-state index < -0.39 is 0 Å². The van der Waals surface area contributed by atoms with E-state index in [4.69, 9.17) is 19.7 Å². The molecule has 11 aromatic rings. The van der Waals surface area contributed by atoms with Crippen LogP contribution in [0.3, 0.4) is 0 Å². The summed E-state index contributed by atoms with van der Waals surface area (Å²) in [6, 6.07) is 65.6. The normalized spacial score (nSPS) is 12.3. The molecule has 0 bridgehead atoms. The number of rotatable bonds is 4. The predicted molar refractivity (Wildman–Crippen MR) is 232 cm³/mol. The summed E-state index contributed by atoms with van der Waals surface area (Å²) < 4.78 is 9.20. The van der Waals surface area contributed by atoms with E-state index >= 15 is 0 Å². The number of aromatic nitrogens is 4. The molecule has 0 saturated carbocycles. The summed E-state index contributed by atoms with van der Waals surface area (Å²) in [4.78, 5) is 17.5. The molecule has 0 unspecified atom stereocenters. The highest BCUT2D eigenvalue weighted by molar-refractivity contribution is 6.29. The highest BCUT2D eigenvalue weighted by atomic mass is 16.5. The van der Waals surface area contributed by atoms with E-state index in [0.717, 1.165) is 61.5 Å². The van der Waals surface area contributed by atoms with Crippen LogP contribution < -0.4 is 9.64 Å². The fourth-order valence-corrected chi connectivity index (χ4v) is 8.63. The summed E-state index contributed by atoms with van der Waals surface area (Å²) in [7, 11) is 0. The maximum Gasteiger partial charge on any atom is 0.239 e. The molecule has 0 aliphatic carbocycles. The topological polar surface area (TPSA) is 56.1 Å². The van der Waals surface area contributed by atoms with Crippen LogP contribution in [0.1, 0.15) is 0 Å². The van der Waals surface area contributed by atoms with E-state index in [0.29, 0.717) is 17.6 Å². The molecule has 0 saturated heterocycles. The molecule has 0 atom stereocenters. The van der Waals surface area contributed by atoms with Crippen molar-refractivity contribution in [3.63, 3.8) is 0 Å². The minimum absolute atomic E-state index is 0.505. The molecule has 0 N–H and O–H groups in total. The Hall–Kier alpha value is -7.83. The zero-order valence-electron chi connectivity index (χ0n) is 30.5. The van der Waals surface area contributed by atoms with Crippen molar-refractivity contribution in [1.29, 1.82) is 0 Å². The average Bonchev–Trinajstić information content (AvgIpc) is 3.59. The van der Waals surface area contributed by atoms with Gasteiger partial charge in [0.2, 0.25) is 5.95 Å². The van der Waals surface area contributed by atoms with Crippen molar-refractivity contribution in [1.82, 2.24) is 19.5 Å². The van der Waals surface area contributed by atoms with Crippen molar-refractivity contribution in [2.24, 2.45) is 0 Å². The standard InChI is InChI=1S/C51H31N5O/c1-4-16-32(17-5-1)49-52-50(33-18-6-2-7-19-33)54-51(53-49)56-43-26-14-15-27-47(43)57-48-30-42-41-28-39-37-24-12-10-22-35(37)36-23-11-13-25-38(36)40(39)29-44(41)55(45(42)31-46(48)56)34-20-8-3-9-21-34/h1-31H. The Labute approximate surface area is 327 Å². The van der Waals surface area contributed by atoms with Gasteiger partial charge in [-0.3, -0.25) is 4.90 Å². The molecule has 1 aliphatic rings. The predicted octanol–water partition coefficient (Wildman–Crippen LogP) is 13.3. The third-order valence-electron chi connectivity index (χ3n) is 11.2. The lowest BCUT2D eigenvalue weighted by Gasteiger charge is -2.31. The minimum atomic E-state index is 0.505. The molecule has 9 aromatic carbocycles. The zero-order valence-corrected chi connectivity index (χ0v) is 30.5. The van der Waals surface area contributed by atoms with Gasteiger partial charge in [0.1, 0.15) is 0 Å². The first-order valence-electron chi connectivity index (χ1n) is 19.1. The molecule has 0 spiro atoms. The second-order valence-electron chi connectivity index (χ2n) is 14.4. The molecule has 0 amide bonds. The average molecular weight is 730 g/mol. The van der Waals surface area contributed by atoms with Crippen molar-refractivity contribution in [3.05, 3.63) is 188 Å². The van der Waals surface area contributed by atoms with Crippen LogP contribution in [0.2, 0.25) is 0 Å². The van der Waals surface area contributed by atoms with E-state index in [2.05, 4.69) is 119 Å². The number of para-hydroxylation sites is 3. The van der Waals surface area contributed by atoms with Gasteiger partial charge in [0.25, 0.3) is 0 Å². The highest BCUT2D eigenvalue weighted by Gasteiger charge is 2.31. The van der Waals surface area contributed by atoms with Crippen molar-refractivity contribution >= 4 is 71.4 Å². The van der Waals surface area contributed by atoms with E-state index in [1.807, 2.05) is 78.9 Å². The Balaban J connectivity index is 1.18. The van der Waals surface area contributed by atoms with Crippen LogP contribution >= 0.6 is 0 Å². The van der Waals surface area contributed by atoms with Crippen LogP contribution in [0.5, 0.6) is 11.5 Å². The van der Waals surface area contributed by atoms with Crippen LogP contribution in [0.15, 0.2) is 188 Å². The van der Waals surface area contributed by atoms with E-state index in [-0.39, 0.29) is 0 Å². The lowest BCUT2D eigenvalue weighted by Crippen LogP contribution is -2.19. The van der Waals surface area contributed by atoms with Crippen LogP contribution in [0.4, 0.5) is 17.3 Å². The third-order valence-corrected chi connectivity index (χ3v) is 11.2. The molecule has 266 valence electrons. The first kappa shape index (κ1) is 31.5. The van der Waals surface area contributed by atoms with Gasteiger partial charge in [-0.1, -0.05) is 140 Å². The van der Waals surface area contributed by atoms with Gasteiger partial charge in [-0.25, -0.2) is 4.98 Å². The number of ether oxygens (including phenoxy) is 1. The Bertz CT molecular complexity index is 3320. The molecule has 2 aromatic heterocycles. The van der Waals surface area contributed by atoms with E-state index in [1.54, 1.807) is 0 Å².